The first-order chi connectivity index (χ1) is 12.1. The molecule has 1 N–H and O–H groups in total. The lowest BCUT2D eigenvalue weighted by molar-refractivity contribution is -0.223. The van der Waals surface area contributed by atoms with Crippen molar-refractivity contribution in [2.45, 2.75) is 26.1 Å². The number of amides is 1. The van der Waals surface area contributed by atoms with Gasteiger partial charge in [0.15, 0.2) is 5.41 Å². The van der Waals surface area contributed by atoms with Gasteiger partial charge in [0.2, 0.25) is 5.91 Å². The summed E-state index contributed by atoms with van der Waals surface area (Å²) in [6.45, 7) is 1.17. The number of likely N-dealkylation sites (tertiary alicyclic amines) is 1. The van der Waals surface area contributed by atoms with Crippen LogP contribution in [0, 0.1) is 11.3 Å². The maximum Gasteiger partial charge on any atom is 0.404 e. The Balaban J connectivity index is 2.16. The summed E-state index contributed by atoms with van der Waals surface area (Å²) in [4.78, 5) is 26.1. The van der Waals surface area contributed by atoms with Gasteiger partial charge in [-0.3, -0.25) is 14.5 Å². The van der Waals surface area contributed by atoms with Gasteiger partial charge in [-0.15, -0.1) is 0 Å². The van der Waals surface area contributed by atoms with Crippen LogP contribution in [0.1, 0.15) is 18.9 Å². The Kier molecular flexibility index (Phi) is 5.95. The third kappa shape index (κ3) is 4.17. The molecule has 0 aromatic heterocycles. The molecule has 2 rings (SSSR count). The number of alkyl halides is 3. The number of carbonyl (C=O) groups is 2. The van der Waals surface area contributed by atoms with Crippen LogP contribution < -0.4 is 0 Å². The van der Waals surface area contributed by atoms with Crippen LogP contribution in [0.2, 0.25) is 0 Å². The lowest BCUT2D eigenvalue weighted by Gasteiger charge is -2.34. The summed E-state index contributed by atoms with van der Waals surface area (Å²) in [6.07, 6.45) is -5.02. The highest BCUT2D eigenvalue weighted by atomic mass is 19.4. The smallest absolute Gasteiger partial charge is 0.404 e. The van der Waals surface area contributed by atoms with Gasteiger partial charge >= 0.3 is 12.1 Å². The van der Waals surface area contributed by atoms with Crippen LogP contribution in [0.4, 0.5) is 13.2 Å². The quantitative estimate of drug-likeness (QED) is 0.834. The molecule has 0 aliphatic carbocycles. The van der Waals surface area contributed by atoms with Crippen LogP contribution in [0.5, 0.6) is 0 Å². The zero-order chi connectivity index (χ0) is 19.5. The maximum atomic E-state index is 13.8. The zero-order valence-corrected chi connectivity index (χ0v) is 14.8. The molecular weight excluding hydrogens is 349 g/mol. The monoisotopic (exact) mass is 372 g/mol. The van der Waals surface area contributed by atoms with E-state index in [-0.39, 0.29) is 19.5 Å². The molecule has 0 radical (unpaired) electrons. The number of halogens is 3. The van der Waals surface area contributed by atoms with E-state index in [1.807, 2.05) is 30.3 Å². The normalized spacial score (nSPS) is 22.2. The second-order valence-corrected chi connectivity index (χ2v) is 6.95. The number of benzene rings is 1. The minimum atomic E-state index is -4.70. The average Bonchev–Trinajstić information content (AvgIpc) is 2.99. The first-order valence-corrected chi connectivity index (χ1v) is 8.38. The Bertz CT molecular complexity index is 651. The number of carboxylic acid groups (broad SMARTS) is 1. The minimum absolute atomic E-state index is 0.155. The van der Waals surface area contributed by atoms with Gasteiger partial charge in [0.05, 0.1) is 5.92 Å². The van der Waals surface area contributed by atoms with Gasteiger partial charge in [-0.2, -0.15) is 13.2 Å². The van der Waals surface area contributed by atoms with Crippen molar-refractivity contribution >= 4 is 11.9 Å². The van der Waals surface area contributed by atoms with Gasteiger partial charge in [0.25, 0.3) is 0 Å². The molecule has 2 atom stereocenters. The fourth-order valence-electron chi connectivity index (χ4n) is 3.33. The second kappa shape index (κ2) is 7.65. The van der Waals surface area contributed by atoms with Crippen molar-refractivity contribution in [3.8, 4) is 0 Å². The Labute approximate surface area is 150 Å². The second-order valence-electron chi connectivity index (χ2n) is 6.95. The highest BCUT2D eigenvalue weighted by Gasteiger charge is 2.63. The number of nitrogens with zero attached hydrogens (tertiary/aromatic N) is 2. The van der Waals surface area contributed by atoms with E-state index in [9.17, 15) is 22.8 Å². The van der Waals surface area contributed by atoms with Crippen molar-refractivity contribution in [1.29, 1.82) is 0 Å². The summed E-state index contributed by atoms with van der Waals surface area (Å²) in [7, 11) is 1.23. The molecule has 1 aliphatic heterocycles. The molecule has 8 heteroatoms. The van der Waals surface area contributed by atoms with Gasteiger partial charge in [-0.05, 0) is 18.5 Å². The molecule has 1 aromatic rings. The van der Waals surface area contributed by atoms with Gasteiger partial charge in [-0.1, -0.05) is 37.3 Å². The van der Waals surface area contributed by atoms with Gasteiger partial charge in [0.1, 0.15) is 0 Å². The minimum Gasteiger partial charge on any atom is -0.481 e. The molecule has 1 heterocycles. The molecule has 0 saturated carbocycles. The van der Waals surface area contributed by atoms with Crippen molar-refractivity contribution in [3.05, 3.63) is 35.9 Å². The fraction of sp³-hybridized carbons (Fsp3) is 0.556. The first-order valence-electron chi connectivity index (χ1n) is 8.38. The standard InChI is InChI=1S/C18H23F3N2O3/c1-13(15(24)25)10-22(2)16(26)17(18(19,20)21)8-9-23(12-17)11-14-6-4-3-5-7-14/h3-7,13H,8-12H2,1-2H3,(H,24,25). The number of carboxylic acids is 1. The predicted molar refractivity (Wildman–Crippen MR) is 89.3 cm³/mol. The molecule has 144 valence electrons. The molecule has 1 aromatic carbocycles. The van der Waals surface area contributed by atoms with Crippen molar-refractivity contribution < 1.29 is 27.9 Å². The van der Waals surface area contributed by atoms with Crippen molar-refractivity contribution in [3.63, 3.8) is 0 Å². The Morgan fingerprint density at radius 1 is 1.31 bits per heavy atom. The highest BCUT2D eigenvalue weighted by molar-refractivity contribution is 5.84. The van der Waals surface area contributed by atoms with Crippen LogP contribution in [-0.2, 0) is 16.1 Å². The summed E-state index contributed by atoms with van der Waals surface area (Å²) >= 11 is 0. The number of hydrogen-bond acceptors (Lipinski definition) is 3. The van der Waals surface area contributed by atoms with Crippen molar-refractivity contribution in [1.82, 2.24) is 9.80 Å². The molecular formula is C18H23F3N2O3. The summed E-state index contributed by atoms with van der Waals surface area (Å²) in [6, 6.07) is 9.12. The third-order valence-corrected chi connectivity index (χ3v) is 4.87. The Hall–Kier alpha value is -2.09. The molecule has 1 amide bonds. The lowest BCUT2D eigenvalue weighted by atomic mass is 9.84. The number of aliphatic carboxylic acids is 1. The molecule has 0 bridgehead atoms. The average molecular weight is 372 g/mol. The third-order valence-electron chi connectivity index (χ3n) is 4.87. The van der Waals surface area contributed by atoms with Crippen LogP contribution in [-0.4, -0.2) is 59.6 Å². The van der Waals surface area contributed by atoms with Crippen molar-refractivity contribution in [2.24, 2.45) is 11.3 Å². The Morgan fingerprint density at radius 2 is 1.92 bits per heavy atom. The number of rotatable bonds is 6. The predicted octanol–water partition coefficient (Wildman–Crippen LogP) is 2.62. The summed E-state index contributed by atoms with van der Waals surface area (Å²) < 4.78 is 41.5. The molecule has 0 spiro atoms. The van der Waals surface area contributed by atoms with E-state index in [2.05, 4.69) is 0 Å². The summed E-state index contributed by atoms with van der Waals surface area (Å²) in [5.41, 5.74) is -1.61. The molecule has 26 heavy (non-hydrogen) atoms. The van der Waals surface area contributed by atoms with Crippen LogP contribution >= 0.6 is 0 Å². The van der Waals surface area contributed by atoms with Crippen molar-refractivity contribution in [2.75, 3.05) is 26.7 Å². The largest absolute Gasteiger partial charge is 0.481 e. The van der Waals surface area contributed by atoms with Gasteiger partial charge in [0, 0.05) is 26.7 Å². The number of hydrogen-bond donors (Lipinski definition) is 1. The Morgan fingerprint density at radius 3 is 2.46 bits per heavy atom. The van der Waals surface area contributed by atoms with E-state index < -0.39 is 35.9 Å². The van der Waals surface area contributed by atoms with E-state index >= 15 is 0 Å². The van der Waals surface area contributed by atoms with Gasteiger partial charge in [-0.25, -0.2) is 0 Å². The van der Waals surface area contributed by atoms with E-state index in [0.29, 0.717) is 6.54 Å². The fourth-order valence-corrected chi connectivity index (χ4v) is 3.33. The molecule has 1 fully saturated rings. The first kappa shape index (κ1) is 20.2. The van der Waals surface area contributed by atoms with Crippen LogP contribution in [0.3, 0.4) is 0 Å². The molecule has 1 saturated heterocycles. The number of carbonyl (C=O) groups excluding carboxylic acids is 1. The molecule has 2 unspecified atom stereocenters. The van der Waals surface area contributed by atoms with E-state index in [1.54, 1.807) is 4.90 Å². The van der Waals surface area contributed by atoms with Gasteiger partial charge < -0.3 is 10.0 Å². The van der Waals surface area contributed by atoms with E-state index in [4.69, 9.17) is 5.11 Å². The maximum absolute atomic E-state index is 13.8. The highest BCUT2D eigenvalue weighted by Crippen LogP contribution is 2.47. The summed E-state index contributed by atoms with van der Waals surface area (Å²) in [5.74, 6) is -3.15. The van der Waals surface area contributed by atoms with E-state index in [0.717, 1.165) is 10.5 Å². The summed E-state index contributed by atoms with van der Waals surface area (Å²) in [5, 5.41) is 8.94. The lowest BCUT2D eigenvalue weighted by Crippen LogP contribution is -2.53. The van der Waals surface area contributed by atoms with E-state index in [1.165, 1.54) is 14.0 Å². The molecule has 1 aliphatic rings. The van der Waals surface area contributed by atoms with Crippen LogP contribution in [0.15, 0.2) is 30.3 Å². The van der Waals surface area contributed by atoms with Crippen LogP contribution in [0.25, 0.3) is 0 Å². The zero-order valence-electron chi connectivity index (χ0n) is 14.8. The molecule has 5 nitrogen and oxygen atoms in total. The SMILES string of the molecule is CC(CN(C)C(=O)C1(C(F)(F)F)CCN(Cc2ccccc2)C1)C(=O)O. The topological polar surface area (TPSA) is 60.9 Å².